The Hall–Kier alpha value is -2.75. The Labute approximate surface area is 181 Å². The highest BCUT2D eigenvalue weighted by Gasteiger charge is 2.19. The molecule has 9 heteroatoms. The number of rotatable bonds is 5. The molecule has 0 N–H and O–H groups in total. The number of aromatic nitrogens is 3. The van der Waals surface area contributed by atoms with Crippen LogP contribution in [0.5, 0.6) is 0 Å². The molecular weight excluding hydrogens is 420 g/mol. The van der Waals surface area contributed by atoms with E-state index in [-0.39, 0.29) is 5.91 Å². The molecule has 1 amide bonds. The van der Waals surface area contributed by atoms with Crippen LogP contribution in [0.3, 0.4) is 0 Å². The first kappa shape index (κ1) is 19.2. The Morgan fingerprint density at radius 2 is 1.87 bits per heavy atom. The first-order chi connectivity index (χ1) is 14.8. The smallest absolute Gasteiger partial charge is 0.257 e. The minimum atomic E-state index is 0.0169. The maximum Gasteiger partial charge on any atom is 0.257 e. The van der Waals surface area contributed by atoms with Crippen molar-refractivity contribution >= 4 is 39.2 Å². The first-order valence-electron chi connectivity index (χ1n) is 9.55. The van der Waals surface area contributed by atoms with Gasteiger partial charge in [0, 0.05) is 24.2 Å². The van der Waals surface area contributed by atoms with Crippen molar-refractivity contribution in [3.05, 3.63) is 59.9 Å². The number of thiazole rings is 1. The van der Waals surface area contributed by atoms with Gasteiger partial charge in [-0.15, -0.1) is 11.3 Å². The minimum Gasteiger partial charge on any atom is -0.378 e. The van der Waals surface area contributed by atoms with Crippen LogP contribution in [-0.4, -0.2) is 52.2 Å². The maximum atomic E-state index is 12.5. The summed E-state index contributed by atoms with van der Waals surface area (Å²) < 4.78 is 12.9. The number of carbonyl (C=O) groups is 1. The quantitative estimate of drug-likeness (QED) is 0.434. The molecule has 5 rings (SSSR count). The lowest BCUT2D eigenvalue weighted by Gasteiger charge is -2.26. The molecule has 1 saturated heterocycles. The Kier molecular flexibility index (Phi) is 5.48. The van der Waals surface area contributed by atoms with Gasteiger partial charge < -0.3 is 14.2 Å². The van der Waals surface area contributed by atoms with E-state index in [0.29, 0.717) is 49.3 Å². The molecule has 4 aromatic rings. The molecule has 1 aliphatic heterocycles. The Balaban J connectivity index is 1.24. The highest BCUT2D eigenvalue weighted by Crippen LogP contribution is 2.31. The summed E-state index contributed by atoms with van der Waals surface area (Å²) >= 11 is 3.25. The number of fused-ring (bicyclic) bond motifs is 1. The third-order valence-corrected chi connectivity index (χ3v) is 6.92. The lowest BCUT2D eigenvalue weighted by atomic mass is 10.1. The van der Waals surface area contributed by atoms with E-state index in [1.54, 1.807) is 35.2 Å². The molecular formula is C21H18N4O3S2. The fraction of sp³-hybridized carbons (Fsp3) is 0.238. The summed E-state index contributed by atoms with van der Waals surface area (Å²) in [7, 11) is 0. The third kappa shape index (κ3) is 4.09. The molecule has 2 aromatic heterocycles. The molecule has 0 spiro atoms. The summed E-state index contributed by atoms with van der Waals surface area (Å²) in [6.07, 6.45) is 0. The molecule has 0 unspecified atom stereocenters. The summed E-state index contributed by atoms with van der Waals surface area (Å²) in [5.74, 6) is 1.66. The number of nitrogens with zero attached hydrogens (tertiary/aromatic N) is 4. The maximum absolute atomic E-state index is 12.5. The zero-order chi connectivity index (χ0) is 20.3. The average Bonchev–Trinajstić information content (AvgIpc) is 3.44. The summed E-state index contributed by atoms with van der Waals surface area (Å²) in [5, 5.41) is 4.07. The van der Waals surface area contributed by atoms with Gasteiger partial charge in [-0.1, -0.05) is 29.1 Å². The number of hydrogen-bond acceptors (Lipinski definition) is 8. The SMILES string of the molecule is O=C(c1ccc(-c2nc(CSc3nc4ccccc4s3)no2)cc1)N1CCOCC1. The number of ether oxygens (including phenoxy) is 1. The molecule has 1 fully saturated rings. The number of thioether (sulfide) groups is 1. The molecule has 0 atom stereocenters. The van der Waals surface area contributed by atoms with Crippen molar-refractivity contribution in [3.8, 4) is 11.5 Å². The third-order valence-electron chi connectivity index (χ3n) is 4.74. The van der Waals surface area contributed by atoms with Crippen molar-refractivity contribution in [3.63, 3.8) is 0 Å². The van der Waals surface area contributed by atoms with Gasteiger partial charge in [0.1, 0.15) is 0 Å². The monoisotopic (exact) mass is 438 g/mol. The van der Waals surface area contributed by atoms with E-state index in [4.69, 9.17) is 9.26 Å². The van der Waals surface area contributed by atoms with Crippen LogP contribution < -0.4 is 0 Å². The second-order valence-corrected chi connectivity index (χ2v) is 8.99. The summed E-state index contributed by atoms with van der Waals surface area (Å²) in [6.45, 7) is 2.42. The van der Waals surface area contributed by atoms with Crippen molar-refractivity contribution in [2.75, 3.05) is 26.3 Å². The van der Waals surface area contributed by atoms with Crippen molar-refractivity contribution in [2.45, 2.75) is 10.1 Å². The van der Waals surface area contributed by atoms with Crippen LogP contribution in [-0.2, 0) is 10.5 Å². The predicted molar refractivity (Wildman–Crippen MR) is 116 cm³/mol. The lowest BCUT2D eigenvalue weighted by molar-refractivity contribution is 0.0303. The molecule has 1 aliphatic rings. The average molecular weight is 439 g/mol. The minimum absolute atomic E-state index is 0.0169. The molecule has 2 aromatic carbocycles. The van der Waals surface area contributed by atoms with Gasteiger partial charge >= 0.3 is 0 Å². The van der Waals surface area contributed by atoms with E-state index in [9.17, 15) is 4.79 Å². The largest absolute Gasteiger partial charge is 0.378 e. The Bertz CT molecular complexity index is 1130. The van der Waals surface area contributed by atoms with Crippen molar-refractivity contribution in [1.82, 2.24) is 20.0 Å². The molecule has 0 bridgehead atoms. The highest BCUT2D eigenvalue weighted by atomic mass is 32.2. The molecule has 152 valence electrons. The van der Waals surface area contributed by atoms with E-state index in [0.717, 1.165) is 15.4 Å². The van der Waals surface area contributed by atoms with Gasteiger partial charge in [0.2, 0.25) is 0 Å². The van der Waals surface area contributed by atoms with Crippen LogP contribution in [0.25, 0.3) is 21.7 Å². The predicted octanol–water partition coefficient (Wildman–Crippen LogP) is 4.11. The summed E-state index contributed by atoms with van der Waals surface area (Å²) in [4.78, 5) is 23.4. The van der Waals surface area contributed by atoms with Crippen LogP contribution in [0.2, 0.25) is 0 Å². The van der Waals surface area contributed by atoms with Crippen molar-refractivity contribution in [1.29, 1.82) is 0 Å². The van der Waals surface area contributed by atoms with Gasteiger partial charge in [-0.25, -0.2) is 4.98 Å². The van der Waals surface area contributed by atoms with Gasteiger partial charge in [-0.05, 0) is 36.4 Å². The molecule has 7 nitrogen and oxygen atoms in total. The van der Waals surface area contributed by atoms with Gasteiger partial charge in [-0.2, -0.15) is 4.98 Å². The zero-order valence-electron chi connectivity index (χ0n) is 16.0. The molecule has 3 heterocycles. The van der Waals surface area contributed by atoms with Gasteiger partial charge in [0.05, 0.1) is 29.2 Å². The van der Waals surface area contributed by atoms with Gasteiger partial charge in [0.15, 0.2) is 10.2 Å². The van der Waals surface area contributed by atoms with Crippen molar-refractivity contribution < 1.29 is 14.1 Å². The van der Waals surface area contributed by atoms with E-state index in [1.807, 2.05) is 35.2 Å². The lowest BCUT2D eigenvalue weighted by Crippen LogP contribution is -2.40. The fourth-order valence-corrected chi connectivity index (χ4v) is 5.08. The van der Waals surface area contributed by atoms with Gasteiger partial charge in [0.25, 0.3) is 11.8 Å². The summed E-state index contributed by atoms with van der Waals surface area (Å²) in [6, 6.07) is 15.4. The number of amides is 1. The van der Waals surface area contributed by atoms with Crippen LogP contribution in [0, 0.1) is 0 Å². The second-order valence-electron chi connectivity index (χ2n) is 6.73. The zero-order valence-corrected chi connectivity index (χ0v) is 17.6. The first-order valence-corrected chi connectivity index (χ1v) is 11.3. The van der Waals surface area contributed by atoms with Gasteiger partial charge in [-0.3, -0.25) is 4.79 Å². The Morgan fingerprint density at radius 3 is 2.67 bits per heavy atom. The van der Waals surface area contributed by atoms with Crippen LogP contribution >= 0.6 is 23.1 Å². The normalized spacial score (nSPS) is 14.3. The topological polar surface area (TPSA) is 81.3 Å². The fourth-order valence-electron chi connectivity index (χ4n) is 3.17. The van der Waals surface area contributed by atoms with Crippen molar-refractivity contribution in [2.24, 2.45) is 0 Å². The van der Waals surface area contributed by atoms with E-state index < -0.39 is 0 Å². The number of para-hydroxylation sites is 1. The highest BCUT2D eigenvalue weighted by molar-refractivity contribution is 8.00. The standard InChI is InChI=1S/C21H18N4O3S2/c26-20(25-9-11-27-12-10-25)15-7-5-14(6-8-15)19-23-18(24-28-19)13-29-21-22-16-3-1-2-4-17(16)30-21/h1-8H,9-13H2. The van der Waals surface area contributed by atoms with Crippen LogP contribution in [0.1, 0.15) is 16.2 Å². The van der Waals surface area contributed by atoms with Crippen LogP contribution in [0.4, 0.5) is 0 Å². The number of carbonyl (C=O) groups excluding carboxylic acids is 1. The van der Waals surface area contributed by atoms with E-state index >= 15 is 0 Å². The summed E-state index contributed by atoms with van der Waals surface area (Å²) in [5.41, 5.74) is 2.44. The van der Waals surface area contributed by atoms with E-state index in [2.05, 4.69) is 21.2 Å². The molecule has 30 heavy (non-hydrogen) atoms. The van der Waals surface area contributed by atoms with Crippen LogP contribution in [0.15, 0.2) is 57.4 Å². The number of benzene rings is 2. The number of morpholine rings is 1. The Morgan fingerprint density at radius 1 is 1.07 bits per heavy atom. The molecule has 0 aliphatic carbocycles. The molecule has 0 saturated carbocycles. The van der Waals surface area contributed by atoms with E-state index in [1.165, 1.54) is 4.70 Å². The number of hydrogen-bond donors (Lipinski definition) is 0. The second kappa shape index (κ2) is 8.55. The molecule has 0 radical (unpaired) electrons.